The maximum atomic E-state index is 12.6. The molecule has 0 aliphatic carbocycles. The molecule has 11 heteroatoms. The lowest BCUT2D eigenvalue weighted by molar-refractivity contribution is -0.114. The molecule has 156 valence electrons. The number of halogens is 2. The molecule has 0 saturated carbocycles. The van der Waals surface area contributed by atoms with Gasteiger partial charge in [-0.3, -0.25) is 14.3 Å². The molecule has 0 fully saturated rings. The van der Waals surface area contributed by atoms with Crippen molar-refractivity contribution >= 4 is 33.2 Å². The Morgan fingerprint density at radius 2 is 1.86 bits per heavy atom. The highest BCUT2D eigenvalue weighted by Crippen LogP contribution is 2.22. The van der Waals surface area contributed by atoms with Gasteiger partial charge in [0.25, 0.3) is 5.91 Å². The summed E-state index contributed by atoms with van der Waals surface area (Å²) in [5, 5.41) is 5.08. The number of nitrogens with one attached hydrogen (secondary N) is 3. The molecule has 0 aliphatic heterocycles. The van der Waals surface area contributed by atoms with Crippen LogP contribution in [0.15, 0.2) is 42.5 Å². The van der Waals surface area contributed by atoms with Crippen molar-refractivity contribution in [2.75, 3.05) is 16.3 Å². The molecule has 0 saturated heterocycles. The number of benzene rings is 2. The number of ether oxygens (including phenoxy) is 1. The Morgan fingerprint density at radius 1 is 1.14 bits per heavy atom. The molecule has 0 bridgehead atoms. The Kier molecular flexibility index (Phi) is 7.10. The SMILES string of the molecule is CC(=O)Nc1ccc(NS(C)(=O)=O)c(C(=O)NCc2cccc(OC(F)F)c2)c1. The normalized spacial score (nSPS) is 11.1. The molecule has 2 amide bonds. The molecule has 8 nitrogen and oxygen atoms in total. The molecule has 0 unspecified atom stereocenters. The van der Waals surface area contributed by atoms with Gasteiger partial charge < -0.3 is 15.4 Å². The predicted molar refractivity (Wildman–Crippen MR) is 103 cm³/mol. The summed E-state index contributed by atoms with van der Waals surface area (Å²) in [4.78, 5) is 23.9. The van der Waals surface area contributed by atoms with Crippen LogP contribution in [0.5, 0.6) is 5.75 Å². The second-order valence-corrected chi connectivity index (χ2v) is 7.77. The van der Waals surface area contributed by atoms with Crippen LogP contribution in [-0.2, 0) is 21.4 Å². The summed E-state index contributed by atoms with van der Waals surface area (Å²) in [5.41, 5.74) is 0.789. The van der Waals surface area contributed by atoms with E-state index in [1.165, 1.54) is 43.3 Å². The van der Waals surface area contributed by atoms with Crippen LogP contribution in [-0.4, -0.2) is 33.1 Å². The van der Waals surface area contributed by atoms with Crippen LogP contribution in [0.3, 0.4) is 0 Å². The van der Waals surface area contributed by atoms with Gasteiger partial charge in [-0.25, -0.2) is 8.42 Å². The van der Waals surface area contributed by atoms with Crippen molar-refractivity contribution in [1.82, 2.24) is 5.32 Å². The molecule has 2 rings (SSSR count). The van der Waals surface area contributed by atoms with Gasteiger partial charge >= 0.3 is 6.61 Å². The molecule has 0 aromatic heterocycles. The second-order valence-electron chi connectivity index (χ2n) is 6.02. The van der Waals surface area contributed by atoms with Crippen LogP contribution in [0.1, 0.15) is 22.8 Å². The average Bonchev–Trinajstić information content (AvgIpc) is 2.59. The smallest absolute Gasteiger partial charge is 0.387 e. The van der Waals surface area contributed by atoms with E-state index in [1.54, 1.807) is 6.07 Å². The van der Waals surface area contributed by atoms with E-state index in [9.17, 15) is 26.8 Å². The molecule has 0 spiro atoms. The lowest BCUT2D eigenvalue weighted by Gasteiger charge is -2.14. The van der Waals surface area contributed by atoms with Gasteiger partial charge in [0, 0.05) is 19.2 Å². The molecule has 2 aromatic carbocycles. The molecule has 2 aromatic rings. The number of carbonyl (C=O) groups excluding carboxylic acids is 2. The molecule has 3 N–H and O–H groups in total. The van der Waals surface area contributed by atoms with Crippen molar-refractivity contribution in [3.05, 3.63) is 53.6 Å². The highest BCUT2D eigenvalue weighted by atomic mass is 32.2. The second kappa shape index (κ2) is 9.32. The van der Waals surface area contributed by atoms with Gasteiger partial charge in [0.1, 0.15) is 5.75 Å². The summed E-state index contributed by atoms with van der Waals surface area (Å²) < 4.78 is 54.3. The number of hydrogen-bond donors (Lipinski definition) is 3. The van der Waals surface area contributed by atoms with Gasteiger partial charge in [-0.2, -0.15) is 8.78 Å². The first-order valence-electron chi connectivity index (χ1n) is 8.25. The van der Waals surface area contributed by atoms with Crippen molar-refractivity contribution in [1.29, 1.82) is 0 Å². The summed E-state index contributed by atoms with van der Waals surface area (Å²) in [5.74, 6) is -1.06. The van der Waals surface area contributed by atoms with E-state index in [-0.39, 0.29) is 29.5 Å². The molecular weight excluding hydrogens is 408 g/mol. The summed E-state index contributed by atoms with van der Waals surface area (Å²) in [6, 6.07) is 9.89. The van der Waals surface area contributed by atoms with Crippen LogP contribution >= 0.6 is 0 Å². The first kappa shape index (κ1) is 22.1. The van der Waals surface area contributed by atoms with Crippen molar-refractivity contribution < 1.29 is 31.5 Å². The van der Waals surface area contributed by atoms with Crippen molar-refractivity contribution in [2.45, 2.75) is 20.1 Å². The summed E-state index contributed by atoms with van der Waals surface area (Å²) >= 11 is 0. The fourth-order valence-corrected chi connectivity index (χ4v) is 2.99. The lowest BCUT2D eigenvalue weighted by Crippen LogP contribution is -2.25. The molecule has 0 heterocycles. The number of rotatable bonds is 8. The van der Waals surface area contributed by atoms with E-state index in [0.29, 0.717) is 11.3 Å². The van der Waals surface area contributed by atoms with Crippen LogP contribution in [0, 0.1) is 0 Å². The standard InChI is InChI=1S/C18H19F2N3O5S/c1-11(24)22-13-6-7-16(23-29(2,26)27)15(9-13)17(25)21-10-12-4-3-5-14(8-12)28-18(19)20/h3-9,18,23H,10H2,1-2H3,(H,21,25)(H,22,24). The highest BCUT2D eigenvalue weighted by Gasteiger charge is 2.16. The predicted octanol–water partition coefficient (Wildman–Crippen LogP) is 2.55. The topological polar surface area (TPSA) is 114 Å². The number of anilines is 2. The lowest BCUT2D eigenvalue weighted by atomic mass is 10.1. The number of alkyl halides is 2. The van der Waals surface area contributed by atoms with Gasteiger partial charge in [0.05, 0.1) is 17.5 Å². The van der Waals surface area contributed by atoms with Gasteiger partial charge in [-0.1, -0.05) is 12.1 Å². The number of sulfonamides is 1. The van der Waals surface area contributed by atoms with E-state index in [1.807, 2.05) is 0 Å². The van der Waals surface area contributed by atoms with Crippen molar-refractivity contribution in [3.63, 3.8) is 0 Å². The maximum absolute atomic E-state index is 12.6. The Bertz CT molecular complexity index is 1010. The summed E-state index contributed by atoms with van der Waals surface area (Å²) in [6.07, 6.45) is 0.935. The van der Waals surface area contributed by atoms with E-state index < -0.39 is 22.5 Å². The molecule has 0 atom stereocenters. The minimum absolute atomic E-state index is 0.0221. The fraction of sp³-hybridized carbons (Fsp3) is 0.222. The van der Waals surface area contributed by atoms with E-state index in [2.05, 4.69) is 20.1 Å². The molecule has 0 aliphatic rings. The van der Waals surface area contributed by atoms with Gasteiger partial charge in [0.15, 0.2) is 0 Å². The quantitative estimate of drug-likeness (QED) is 0.599. The Balaban J connectivity index is 2.22. The summed E-state index contributed by atoms with van der Waals surface area (Å²) in [7, 11) is -3.66. The third-order valence-corrected chi connectivity index (χ3v) is 4.05. The van der Waals surface area contributed by atoms with Gasteiger partial charge in [0.2, 0.25) is 15.9 Å². The maximum Gasteiger partial charge on any atom is 0.387 e. The Labute approximate surface area is 166 Å². The Morgan fingerprint density at radius 3 is 2.48 bits per heavy atom. The average molecular weight is 427 g/mol. The molecule has 29 heavy (non-hydrogen) atoms. The minimum Gasteiger partial charge on any atom is -0.435 e. The zero-order chi connectivity index (χ0) is 21.6. The third kappa shape index (κ3) is 7.37. The zero-order valence-electron chi connectivity index (χ0n) is 15.5. The van der Waals surface area contributed by atoms with Gasteiger partial charge in [-0.05, 0) is 35.9 Å². The van der Waals surface area contributed by atoms with Crippen molar-refractivity contribution in [3.8, 4) is 5.75 Å². The molecule has 0 radical (unpaired) electrons. The minimum atomic E-state index is -3.66. The fourth-order valence-electron chi connectivity index (χ4n) is 2.41. The Hall–Kier alpha value is -3.21. The van der Waals surface area contributed by atoms with Gasteiger partial charge in [-0.15, -0.1) is 0 Å². The van der Waals surface area contributed by atoms with E-state index >= 15 is 0 Å². The van der Waals surface area contributed by atoms with Crippen molar-refractivity contribution in [2.24, 2.45) is 0 Å². The van der Waals surface area contributed by atoms with Crippen LogP contribution in [0.2, 0.25) is 0 Å². The third-order valence-electron chi connectivity index (χ3n) is 3.46. The van der Waals surface area contributed by atoms with Crippen LogP contribution in [0.4, 0.5) is 20.2 Å². The molecular formula is C18H19F2N3O5S. The van der Waals surface area contributed by atoms with E-state index in [0.717, 1.165) is 6.26 Å². The van der Waals surface area contributed by atoms with E-state index in [4.69, 9.17) is 0 Å². The first-order chi connectivity index (χ1) is 13.5. The zero-order valence-corrected chi connectivity index (χ0v) is 16.3. The number of carbonyl (C=O) groups is 2. The number of amides is 2. The monoisotopic (exact) mass is 427 g/mol. The number of hydrogen-bond acceptors (Lipinski definition) is 5. The van der Waals surface area contributed by atoms with Crippen LogP contribution < -0.4 is 20.1 Å². The summed E-state index contributed by atoms with van der Waals surface area (Å²) in [6.45, 7) is -1.71. The first-order valence-corrected chi connectivity index (χ1v) is 10.1. The highest BCUT2D eigenvalue weighted by molar-refractivity contribution is 7.92. The van der Waals surface area contributed by atoms with Crippen LogP contribution in [0.25, 0.3) is 0 Å². The largest absolute Gasteiger partial charge is 0.435 e.